The van der Waals surface area contributed by atoms with Crippen molar-refractivity contribution in [2.24, 2.45) is 0 Å². The van der Waals surface area contributed by atoms with Crippen LogP contribution in [0.4, 0.5) is 0 Å². The maximum Gasteiger partial charge on any atom is 0.262 e. The zero-order chi connectivity index (χ0) is 22.1. The van der Waals surface area contributed by atoms with Crippen LogP contribution < -0.4 is 14.8 Å². The van der Waals surface area contributed by atoms with E-state index in [1.165, 1.54) is 24.5 Å². The Morgan fingerprint density at radius 3 is 2.58 bits per heavy atom. The number of methoxy groups -OCH3 is 1. The average molecular weight is 430 g/mol. The summed E-state index contributed by atoms with van der Waals surface area (Å²) in [6.45, 7) is 0.687. The molecule has 3 rings (SSSR count). The van der Waals surface area contributed by atoms with Crippen molar-refractivity contribution in [2.75, 3.05) is 7.11 Å². The second-order valence-electron chi connectivity index (χ2n) is 6.44. The Hall–Kier alpha value is -4.07. The van der Waals surface area contributed by atoms with Crippen LogP contribution in [0.5, 0.6) is 11.5 Å². The van der Waals surface area contributed by atoms with E-state index in [2.05, 4.69) is 11.4 Å². The number of hydrogen-bond donors (Lipinski definition) is 1. The van der Waals surface area contributed by atoms with E-state index in [-0.39, 0.29) is 5.57 Å². The molecule has 6 nitrogen and oxygen atoms in total. The lowest BCUT2D eigenvalue weighted by atomic mass is 10.1. The summed E-state index contributed by atoms with van der Waals surface area (Å²) in [5.41, 5.74) is 2.15. The van der Waals surface area contributed by atoms with Gasteiger partial charge in [-0.25, -0.2) is 0 Å². The summed E-state index contributed by atoms with van der Waals surface area (Å²) in [6.07, 6.45) is 1.51. The van der Waals surface area contributed by atoms with Crippen LogP contribution in [0.25, 0.3) is 6.08 Å². The topological polar surface area (TPSA) is 95.1 Å². The number of nitrogens with zero attached hydrogens (tertiary/aromatic N) is 2. The fourth-order valence-corrected chi connectivity index (χ4v) is 3.37. The minimum atomic E-state index is -0.434. The van der Waals surface area contributed by atoms with Gasteiger partial charge < -0.3 is 14.8 Å². The number of carbonyl (C=O) groups excluding carboxylic acids is 1. The number of nitriles is 2. The Balaban J connectivity index is 1.69. The second kappa shape index (κ2) is 10.6. The van der Waals surface area contributed by atoms with Crippen LogP contribution in [0.15, 0.2) is 65.6 Å². The second-order valence-corrected chi connectivity index (χ2v) is 7.47. The van der Waals surface area contributed by atoms with Crippen molar-refractivity contribution in [3.63, 3.8) is 0 Å². The molecule has 2 aromatic carbocycles. The van der Waals surface area contributed by atoms with Gasteiger partial charge in [-0.15, -0.1) is 11.3 Å². The van der Waals surface area contributed by atoms with Crippen LogP contribution >= 0.6 is 11.3 Å². The summed E-state index contributed by atoms with van der Waals surface area (Å²) in [7, 11) is 1.52. The Labute approximate surface area is 184 Å². The molecule has 0 bridgehead atoms. The monoisotopic (exact) mass is 429 g/mol. The number of rotatable bonds is 8. The third-order valence-electron chi connectivity index (χ3n) is 4.34. The van der Waals surface area contributed by atoms with Crippen LogP contribution in [0, 0.1) is 22.7 Å². The minimum Gasteiger partial charge on any atom is -0.493 e. The minimum absolute atomic E-state index is 0.00450. The molecule has 1 amide bonds. The highest BCUT2D eigenvalue weighted by Crippen LogP contribution is 2.29. The van der Waals surface area contributed by atoms with Crippen molar-refractivity contribution in [3.8, 4) is 23.6 Å². The van der Waals surface area contributed by atoms with Crippen molar-refractivity contribution in [1.82, 2.24) is 5.32 Å². The molecular formula is C24H19N3O3S. The molecule has 154 valence electrons. The highest BCUT2D eigenvalue weighted by atomic mass is 32.1. The van der Waals surface area contributed by atoms with Crippen LogP contribution in [0.2, 0.25) is 0 Å². The molecule has 0 radical (unpaired) electrons. The van der Waals surface area contributed by atoms with Gasteiger partial charge in [-0.3, -0.25) is 4.79 Å². The SMILES string of the molecule is COc1cc(/C=C(\C#N)C(=O)NCc2cccs2)ccc1OCc1ccc(C#N)cc1. The van der Waals surface area contributed by atoms with Gasteiger partial charge in [-0.1, -0.05) is 24.3 Å². The van der Waals surface area contributed by atoms with Crippen LogP contribution in [0.1, 0.15) is 21.6 Å². The molecule has 0 aliphatic rings. The molecule has 31 heavy (non-hydrogen) atoms. The molecule has 0 aliphatic carbocycles. The lowest BCUT2D eigenvalue weighted by Crippen LogP contribution is -2.23. The Bertz CT molecular complexity index is 1150. The predicted molar refractivity (Wildman–Crippen MR) is 118 cm³/mol. The molecule has 0 unspecified atom stereocenters. The van der Waals surface area contributed by atoms with Crippen molar-refractivity contribution >= 4 is 23.3 Å². The summed E-state index contributed by atoms with van der Waals surface area (Å²) in [5.74, 6) is 0.583. The number of hydrogen-bond acceptors (Lipinski definition) is 6. The molecular weight excluding hydrogens is 410 g/mol. The van der Waals surface area contributed by atoms with Gasteiger partial charge in [0.05, 0.1) is 25.3 Å². The van der Waals surface area contributed by atoms with E-state index in [1.807, 2.05) is 35.7 Å². The van der Waals surface area contributed by atoms with Crippen LogP contribution in [-0.4, -0.2) is 13.0 Å². The molecule has 0 saturated carbocycles. The number of nitrogens with one attached hydrogen (secondary N) is 1. The fraction of sp³-hybridized carbons (Fsp3) is 0.125. The number of ether oxygens (including phenoxy) is 2. The third kappa shape index (κ3) is 5.96. The third-order valence-corrected chi connectivity index (χ3v) is 5.22. The van der Waals surface area contributed by atoms with Crippen molar-refractivity contribution in [3.05, 3.63) is 87.1 Å². The molecule has 7 heteroatoms. The van der Waals surface area contributed by atoms with E-state index in [0.29, 0.717) is 35.8 Å². The Morgan fingerprint density at radius 1 is 1.13 bits per heavy atom. The number of carbonyl (C=O) groups is 1. The number of thiophene rings is 1. The summed E-state index contributed by atoms with van der Waals surface area (Å²) in [6, 6.07) is 20.2. The highest BCUT2D eigenvalue weighted by Gasteiger charge is 2.11. The smallest absolute Gasteiger partial charge is 0.262 e. The van der Waals surface area contributed by atoms with E-state index in [0.717, 1.165) is 10.4 Å². The summed E-state index contributed by atoms with van der Waals surface area (Å²) < 4.78 is 11.2. The molecule has 1 heterocycles. The lowest BCUT2D eigenvalue weighted by molar-refractivity contribution is -0.117. The van der Waals surface area contributed by atoms with Gasteiger partial charge in [-0.2, -0.15) is 10.5 Å². The first kappa shape index (κ1) is 21.6. The lowest BCUT2D eigenvalue weighted by Gasteiger charge is -2.12. The summed E-state index contributed by atoms with van der Waals surface area (Å²) in [5, 5.41) is 22.9. The van der Waals surface area contributed by atoms with E-state index >= 15 is 0 Å². The molecule has 1 aromatic heterocycles. The number of benzene rings is 2. The molecule has 0 spiro atoms. The first-order chi connectivity index (χ1) is 15.1. The van der Waals surface area contributed by atoms with Gasteiger partial charge >= 0.3 is 0 Å². The molecule has 0 saturated heterocycles. The zero-order valence-corrected chi connectivity index (χ0v) is 17.6. The van der Waals surface area contributed by atoms with Gasteiger partial charge in [0.25, 0.3) is 5.91 Å². The molecule has 0 fully saturated rings. The van der Waals surface area contributed by atoms with E-state index < -0.39 is 5.91 Å². The first-order valence-corrected chi connectivity index (χ1v) is 10.2. The van der Waals surface area contributed by atoms with Gasteiger partial charge in [0.15, 0.2) is 11.5 Å². The standard InChI is InChI=1S/C24H19N3O3S/c1-29-23-12-19(11-20(14-26)24(28)27-15-21-3-2-10-31-21)8-9-22(23)30-16-18-6-4-17(13-25)5-7-18/h2-12H,15-16H2,1H3,(H,27,28)/b20-11+. The highest BCUT2D eigenvalue weighted by molar-refractivity contribution is 7.09. The van der Waals surface area contributed by atoms with Gasteiger partial charge in [0.1, 0.15) is 18.2 Å². The van der Waals surface area contributed by atoms with E-state index in [4.69, 9.17) is 14.7 Å². The van der Waals surface area contributed by atoms with Crippen LogP contribution in [0.3, 0.4) is 0 Å². The predicted octanol–water partition coefficient (Wildman–Crippen LogP) is 4.43. The maximum absolute atomic E-state index is 12.3. The maximum atomic E-state index is 12.3. The van der Waals surface area contributed by atoms with Crippen LogP contribution in [-0.2, 0) is 17.9 Å². The first-order valence-electron chi connectivity index (χ1n) is 9.35. The van der Waals surface area contributed by atoms with Crippen molar-refractivity contribution in [1.29, 1.82) is 10.5 Å². The van der Waals surface area contributed by atoms with Crippen molar-refractivity contribution in [2.45, 2.75) is 13.2 Å². The van der Waals surface area contributed by atoms with Crippen molar-refractivity contribution < 1.29 is 14.3 Å². The fourth-order valence-electron chi connectivity index (χ4n) is 2.72. The Kier molecular flexibility index (Phi) is 7.42. The van der Waals surface area contributed by atoms with Gasteiger partial charge in [0, 0.05) is 4.88 Å². The van der Waals surface area contributed by atoms with E-state index in [1.54, 1.807) is 30.3 Å². The quantitative estimate of drug-likeness (QED) is 0.422. The molecule has 0 atom stereocenters. The molecule has 3 aromatic rings. The van der Waals surface area contributed by atoms with Gasteiger partial charge in [0.2, 0.25) is 0 Å². The normalized spacial score (nSPS) is 10.6. The Morgan fingerprint density at radius 2 is 1.94 bits per heavy atom. The largest absolute Gasteiger partial charge is 0.493 e. The van der Waals surface area contributed by atoms with Gasteiger partial charge in [-0.05, 0) is 52.9 Å². The van der Waals surface area contributed by atoms with E-state index in [9.17, 15) is 10.1 Å². The zero-order valence-electron chi connectivity index (χ0n) is 16.8. The number of amides is 1. The molecule has 1 N–H and O–H groups in total. The summed E-state index contributed by atoms with van der Waals surface area (Å²) in [4.78, 5) is 13.3. The summed E-state index contributed by atoms with van der Waals surface area (Å²) >= 11 is 1.54. The average Bonchev–Trinajstić information content (AvgIpc) is 3.34. The molecule has 0 aliphatic heterocycles.